The summed E-state index contributed by atoms with van der Waals surface area (Å²) in [5, 5.41) is 2.79. The Labute approximate surface area is 157 Å². The highest BCUT2D eigenvalue weighted by molar-refractivity contribution is 6.05. The van der Waals surface area contributed by atoms with E-state index in [-0.39, 0.29) is 5.91 Å². The molecule has 3 rings (SSSR count). The molecule has 6 nitrogen and oxygen atoms in total. The first-order valence-electron chi connectivity index (χ1n) is 8.33. The molecule has 0 aliphatic heterocycles. The lowest BCUT2D eigenvalue weighted by molar-refractivity contribution is 0.0600. The Morgan fingerprint density at radius 3 is 2.48 bits per heavy atom. The first-order valence-corrected chi connectivity index (χ1v) is 8.33. The summed E-state index contributed by atoms with van der Waals surface area (Å²) in [7, 11) is 3.20. The summed E-state index contributed by atoms with van der Waals surface area (Å²) in [6.07, 6.45) is 1.59. The second kappa shape index (κ2) is 8.14. The van der Waals surface area contributed by atoms with Crippen molar-refractivity contribution in [3.8, 4) is 0 Å². The smallest absolute Gasteiger partial charge is 0.337 e. The van der Waals surface area contributed by atoms with Gasteiger partial charge in [0, 0.05) is 30.2 Å². The number of carbonyl (C=O) groups is 2. The molecule has 1 N–H and O–H groups in total. The van der Waals surface area contributed by atoms with E-state index in [0.717, 1.165) is 5.69 Å². The number of rotatable bonds is 5. The highest BCUT2D eigenvalue weighted by Crippen LogP contribution is 2.22. The number of aromatic nitrogens is 1. The predicted molar refractivity (Wildman–Crippen MR) is 104 cm³/mol. The monoisotopic (exact) mass is 361 g/mol. The number of pyridine rings is 1. The zero-order valence-electron chi connectivity index (χ0n) is 15.0. The molecular formula is C21H19N3O3. The molecule has 1 amide bonds. The molecular weight excluding hydrogens is 342 g/mol. The first-order chi connectivity index (χ1) is 13.1. The summed E-state index contributed by atoms with van der Waals surface area (Å²) in [6, 6.07) is 19.7. The molecule has 3 aromatic rings. The van der Waals surface area contributed by atoms with Gasteiger partial charge in [-0.1, -0.05) is 24.3 Å². The highest BCUT2D eigenvalue weighted by Gasteiger charge is 2.12. The van der Waals surface area contributed by atoms with Crippen molar-refractivity contribution >= 4 is 29.1 Å². The standard InChI is InChI=1S/C21H19N3O3/c1-24(18-9-4-3-5-10-18)19-14-15(11-12-22-19)20(25)23-17-8-6-7-16(13-17)21(26)27-2/h3-14H,1-2H3,(H,23,25). The fourth-order valence-corrected chi connectivity index (χ4v) is 2.57. The van der Waals surface area contributed by atoms with Gasteiger partial charge in [0.05, 0.1) is 12.7 Å². The number of hydrogen-bond donors (Lipinski definition) is 1. The van der Waals surface area contributed by atoms with Crippen molar-refractivity contribution in [1.82, 2.24) is 4.98 Å². The molecule has 0 fully saturated rings. The fraction of sp³-hybridized carbons (Fsp3) is 0.0952. The number of para-hydroxylation sites is 1. The van der Waals surface area contributed by atoms with E-state index in [1.165, 1.54) is 7.11 Å². The molecule has 136 valence electrons. The van der Waals surface area contributed by atoms with Crippen LogP contribution in [0.1, 0.15) is 20.7 Å². The van der Waals surface area contributed by atoms with E-state index in [4.69, 9.17) is 4.74 Å². The van der Waals surface area contributed by atoms with Crippen LogP contribution in [0.5, 0.6) is 0 Å². The summed E-state index contributed by atoms with van der Waals surface area (Å²) in [5.41, 5.74) is 2.31. The minimum atomic E-state index is -0.457. The van der Waals surface area contributed by atoms with Gasteiger partial charge in [-0.15, -0.1) is 0 Å². The average Bonchev–Trinajstić information content (AvgIpc) is 2.73. The molecule has 0 atom stereocenters. The Morgan fingerprint density at radius 1 is 0.963 bits per heavy atom. The van der Waals surface area contributed by atoms with Crippen LogP contribution in [0.2, 0.25) is 0 Å². The molecule has 27 heavy (non-hydrogen) atoms. The van der Waals surface area contributed by atoms with Crippen LogP contribution in [0.4, 0.5) is 17.2 Å². The van der Waals surface area contributed by atoms with E-state index >= 15 is 0 Å². The van der Waals surface area contributed by atoms with Crippen molar-refractivity contribution in [2.24, 2.45) is 0 Å². The lowest BCUT2D eigenvalue weighted by Gasteiger charge is -2.18. The summed E-state index contributed by atoms with van der Waals surface area (Å²) in [4.78, 5) is 30.5. The molecule has 0 saturated carbocycles. The normalized spacial score (nSPS) is 10.1. The molecule has 0 radical (unpaired) electrons. The third kappa shape index (κ3) is 4.30. The second-order valence-electron chi connectivity index (χ2n) is 5.82. The molecule has 0 saturated heterocycles. The quantitative estimate of drug-likeness (QED) is 0.698. The Hall–Kier alpha value is -3.67. The molecule has 0 spiro atoms. The van der Waals surface area contributed by atoms with E-state index in [1.807, 2.05) is 42.3 Å². The van der Waals surface area contributed by atoms with Crippen LogP contribution in [0.15, 0.2) is 72.9 Å². The van der Waals surface area contributed by atoms with Crippen LogP contribution < -0.4 is 10.2 Å². The Balaban J connectivity index is 1.79. The molecule has 1 heterocycles. The molecule has 6 heteroatoms. The number of hydrogen-bond acceptors (Lipinski definition) is 5. The van der Waals surface area contributed by atoms with E-state index < -0.39 is 5.97 Å². The predicted octanol–water partition coefficient (Wildman–Crippen LogP) is 3.89. The molecule has 0 unspecified atom stereocenters. The lowest BCUT2D eigenvalue weighted by Crippen LogP contribution is -2.15. The van der Waals surface area contributed by atoms with Gasteiger partial charge >= 0.3 is 5.97 Å². The third-order valence-corrected chi connectivity index (χ3v) is 4.04. The van der Waals surface area contributed by atoms with Crippen molar-refractivity contribution in [3.63, 3.8) is 0 Å². The number of benzene rings is 2. The van der Waals surface area contributed by atoms with Gasteiger partial charge in [-0.3, -0.25) is 4.79 Å². The first kappa shape index (κ1) is 18.1. The summed E-state index contributed by atoms with van der Waals surface area (Å²) in [6.45, 7) is 0. The molecule has 0 bridgehead atoms. The number of methoxy groups -OCH3 is 1. The Morgan fingerprint density at radius 2 is 1.74 bits per heavy atom. The zero-order valence-corrected chi connectivity index (χ0v) is 15.0. The summed E-state index contributed by atoms with van der Waals surface area (Å²) >= 11 is 0. The molecule has 0 aliphatic rings. The number of amides is 1. The van der Waals surface area contributed by atoms with Crippen LogP contribution >= 0.6 is 0 Å². The van der Waals surface area contributed by atoms with Crippen molar-refractivity contribution in [1.29, 1.82) is 0 Å². The van der Waals surface area contributed by atoms with E-state index in [9.17, 15) is 9.59 Å². The minimum Gasteiger partial charge on any atom is -0.465 e. The minimum absolute atomic E-state index is 0.290. The number of ether oxygens (including phenoxy) is 1. The number of esters is 1. The van der Waals surface area contributed by atoms with Crippen LogP contribution in [0.3, 0.4) is 0 Å². The largest absolute Gasteiger partial charge is 0.465 e. The number of nitrogens with zero attached hydrogens (tertiary/aromatic N) is 2. The zero-order chi connectivity index (χ0) is 19.2. The Bertz CT molecular complexity index is 958. The number of anilines is 3. The topological polar surface area (TPSA) is 71.5 Å². The number of carbonyl (C=O) groups excluding carboxylic acids is 2. The van der Waals surface area contributed by atoms with Crippen molar-refractivity contribution in [2.45, 2.75) is 0 Å². The van der Waals surface area contributed by atoms with Crippen LogP contribution in [0.25, 0.3) is 0 Å². The van der Waals surface area contributed by atoms with E-state index in [1.54, 1.807) is 42.6 Å². The van der Waals surface area contributed by atoms with E-state index in [0.29, 0.717) is 22.6 Å². The van der Waals surface area contributed by atoms with Crippen LogP contribution in [-0.4, -0.2) is 31.0 Å². The molecule has 1 aromatic heterocycles. The maximum Gasteiger partial charge on any atom is 0.337 e. The van der Waals surface area contributed by atoms with Gasteiger partial charge < -0.3 is 15.0 Å². The van der Waals surface area contributed by atoms with Gasteiger partial charge in [0.25, 0.3) is 5.91 Å². The van der Waals surface area contributed by atoms with Gasteiger partial charge in [-0.25, -0.2) is 9.78 Å². The highest BCUT2D eigenvalue weighted by atomic mass is 16.5. The maximum absolute atomic E-state index is 12.6. The molecule has 2 aromatic carbocycles. The Kier molecular flexibility index (Phi) is 5.47. The molecule has 0 aliphatic carbocycles. The van der Waals surface area contributed by atoms with Crippen molar-refractivity contribution < 1.29 is 14.3 Å². The van der Waals surface area contributed by atoms with E-state index in [2.05, 4.69) is 10.3 Å². The summed E-state index contributed by atoms with van der Waals surface area (Å²) < 4.78 is 4.70. The van der Waals surface area contributed by atoms with Crippen LogP contribution in [-0.2, 0) is 4.74 Å². The van der Waals surface area contributed by atoms with Gasteiger partial charge in [-0.2, -0.15) is 0 Å². The summed E-state index contributed by atoms with van der Waals surface area (Å²) in [5.74, 6) is -0.0962. The van der Waals surface area contributed by atoms with Crippen LogP contribution in [0, 0.1) is 0 Å². The third-order valence-electron chi connectivity index (χ3n) is 4.04. The average molecular weight is 361 g/mol. The van der Waals surface area contributed by atoms with Crippen molar-refractivity contribution in [2.75, 3.05) is 24.4 Å². The van der Waals surface area contributed by atoms with Gasteiger partial charge in [0.2, 0.25) is 0 Å². The van der Waals surface area contributed by atoms with Gasteiger partial charge in [-0.05, 0) is 42.5 Å². The van der Waals surface area contributed by atoms with Crippen molar-refractivity contribution in [3.05, 3.63) is 84.1 Å². The maximum atomic E-state index is 12.6. The van der Waals surface area contributed by atoms with Gasteiger partial charge in [0.1, 0.15) is 5.82 Å². The number of nitrogens with one attached hydrogen (secondary N) is 1. The lowest BCUT2D eigenvalue weighted by atomic mass is 10.2. The van der Waals surface area contributed by atoms with Gasteiger partial charge in [0.15, 0.2) is 0 Å². The SMILES string of the molecule is COC(=O)c1cccc(NC(=O)c2ccnc(N(C)c3ccccc3)c2)c1. The second-order valence-corrected chi connectivity index (χ2v) is 5.82. The fourth-order valence-electron chi connectivity index (χ4n) is 2.57.